The predicted molar refractivity (Wildman–Crippen MR) is 102 cm³/mol. The summed E-state index contributed by atoms with van der Waals surface area (Å²) in [4.78, 5) is 12.4. The van der Waals surface area contributed by atoms with E-state index in [-0.39, 0.29) is 17.7 Å². The first-order valence-electron chi connectivity index (χ1n) is 10.6. The summed E-state index contributed by atoms with van der Waals surface area (Å²) in [5, 5.41) is 3.25. The zero-order valence-electron chi connectivity index (χ0n) is 16.1. The molecule has 1 aliphatic heterocycles. The number of sulfonamides is 1. The minimum Gasteiger partial charge on any atom is -0.353 e. The smallest absolute Gasteiger partial charge is 0.220 e. The van der Waals surface area contributed by atoms with E-state index in [1.807, 2.05) is 0 Å². The highest BCUT2D eigenvalue weighted by Crippen LogP contribution is 2.61. The van der Waals surface area contributed by atoms with Crippen LogP contribution in [0.5, 0.6) is 0 Å². The highest BCUT2D eigenvalue weighted by Gasteiger charge is 2.53. The summed E-state index contributed by atoms with van der Waals surface area (Å²) >= 11 is 0. The molecular weight excluding hydrogens is 348 g/mol. The monoisotopic (exact) mass is 382 g/mol. The molecule has 148 valence electrons. The maximum Gasteiger partial charge on any atom is 0.220 e. The van der Waals surface area contributed by atoms with Gasteiger partial charge in [0, 0.05) is 25.6 Å². The molecule has 26 heavy (non-hydrogen) atoms. The molecule has 1 heterocycles. The third-order valence-electron chi connectivity index (χ3n) is 7.65. The van der Waals surface area contributed by atoms with Gasteiger partial charge in [-0.2, -0.15) is 0 Å². The SMILES string of the molecule is CC(NC(=O)CCCS(=O)(=O)N1CCCC1)C12CC3CC(CC(C3)C1)C2. The molecule has 0 aromatic carbocycles. The van der Waals surface area contributed by atoms with Crippen LogP contribution in [0.1, 0.15) is 71.1 Å². The van der Waals surface area contributed by atoms with Crippen LogP contribution in [0.15, 0.2) is 0 Å². The molecule has 1 N–H and O–H groups in total. The third kappa shape index (κ3) is 3.68. The Hall–Kier alpha value is -0.620. The van der Waals surface area contributed by atoms with Gasteiger partial charge in [-0.3, -0.25) is 4.79 Å². The fourth-order valence-electron chi connectivity index (χ4n) is 6.69. The van der Waals surface area contributed by atoms with Gasteiger partial charge in [-0.25, -0.2) is 12.7 Å². The zero-order chi connectivity index (χ0) is 18.4. The number of nitrogens with zero attached hydrogens (tertiary/aromatic N) is 1. The maximum absolute atomic E-state index is 12.4. The number of carbonyl (C=O) groups excluding carboxylic acids is 1. The summed E-state index contributed by atoms with van der Waals surface area (Å²) < 4.78 is 26.1. The van der Waals surface area contributed by atoms with Crippen LogP contribution in [0.2, 0.25) is 0 Å². The van der Waals surface area contributed by atoms with Gasteiger partial charge in [0.25, 0.3) is 0 Å². The lowest BCUT2D eigenvalue weighted by Gasteiger charge is -2.59. The standard InChI is InChI=1S/C20H34N2O3S/c1-15(20-12-16-9-17(13-20)11-18(10-16)14-20)21-19(23)5-4-8-26(24,25)22-6-2-3-7-22/h15-18H,2-14H2,1H3,(H,21,23). The topological polar surface area (TPSA) is 66.5 Å². The van der Waals surface area contributed by atoms with Gasteiger partial charge in [0.2, 0.25) is 15.9 Å². The number of amides is 1. The van der Waals surface area contributed by atoms with E-state index in [1.165, 1.54) is 38.5 Å². The van der Waals surface area contributed by atoms with Gasteiger partial charge in [0.05, 0.1) is 5.75 Å². The van der Waals surface area contributed by atoms with Gasteiger partial charge in [-0.05, 0) is 87.9 Å². The molecule has 1 atom stereocenters. The van der Waals surface area contributed by atoms with Crippen LogP contribution in [-0.2, 0) is 14.8 Å². The number of hydrogen-bond acceptors (Lipinski definition) is 3. The largest absolute Gasteiger partial charge is 0.353 e. The highest BCUT2D eigenvalue weighted by molar-refractivity contribution is 7.89. The van der Waals surface area contributed by atoms with Crippen molar-refractivity contribution in [3.05, 3.63) is 0 Å². The molecule has 1 amide bonds. The number of hydrogen-bond donors (Lipinski definition) is 1. The van der Waals surface area contributed by atoms with Crippen molar-refractivity contribution in [2.75, 3.05) is 18.8 Å². The molecule has 0 aromatic heterocycles. The minimum absolute atomic E-state index is 0.0323. The number of rotatable bonds is 7. The quantitative estimate of drug-likeness (QED) is 0.736. The van der Waals surface area contributed by atoms with Crippen LogP contribution < -0.4 is 5.32 Å². The van der Waals surface area contributed by atoms with Gasteiger partial charge >= 0.3 is 0 Å². The summed E-state index contributed by atoms with van der Waals surface area (Å²) in [5.41, 5.74) is 0.312. The van der Waals surface area contributed by atoms with Crippen molar-refractivity contribution in [2.45, 2.75) is 77.2 Å². The van der Waals surface area contributed by atoms with E-state index in [9.17, 15) is 13.2 Å². The second kappa shape index (κ2) is 7.08. The third-order valence-corrected chi connectivity index (χ3v) is 9.60. The first kappa shape index (κ1) is 18.7. The average Bonchev–Trinajstić information content (AvgIpc) is 3.08. The Morgan fingerprint density at radius 3 is 2.15 bits per heavy atom. The minimum atomic E-state index is -3.17. The molecular formula is C20H34N2O3S. The lowest BCUT2D eigenvalue weighted by atomic mass is 9.48. The van der Waals surface area contributed by atoms with Crippen molar-refractivity contribution >= 4 is 15.9 Å². The fourth-order valence-corrected chi connectivity index (χ4v) is 8.27. The lowest BCUT2D eigenvalue weighted by molar-refractivity contribution is -0.125. The van der Waals surface area contributed by atoms with Crippen LogP contribution in [0, 0.1) is 23.2 Å². The highest BCUT2D eigenvalue weighted by atomic mass is 32.2. The molecule has 4 bridgehead atoms. The average molecular weight is 383 g/mol. The van der Waals surface area contributed by atoms with E-state index < -0.39 is 10.0 Å². The Morgan fingerprint density at radius 1 is 1.08 bits per heavy atom. The van der Waals surface area contributed by atoms with E-state index >= 15 is 0 Å². The van der Waals surface area contributed by atoms with Crippen molar-refractivity contribution < 1.29 is 13.2 Å². The van der Waals surface area contributed by atoms with Gasteiger partial charge < -0.3 is 5.32 Å². The molecule has 0 spiro atoms. The number of nitrogens with one attached hydrogen (secondary N) is 1. The molecule has 6 heteroatoms. The van der Waals surface area contributed by atoms with Crippen molar-refractivity contribution in [1.82, 2.24) is 9.62 Å². The molecule has 5 nitrogen and oxygen atoms in total. The fraction of sp³-hybridized carbons (Fsp3) is 0.950. The molecule has 0 radical (unpaired) electrons. The van der Waals surface area contributed by atoms with E-state index in [1.54, 1.807) is 4.31 Å². The summed E-state index contributed by atoms with van der Waals surface area (Å²) in [6.45, 7) is 3.49. The maximum atomic E-state index is 12.4. The molecule has 5 rings (SSSR count). The first-order chi connectivity index (χ1) is 12.4. The lowest BCUT2D eigenvalue weighted by Crippen LogP contribution is -2.55. The van der Waals surface area contributed by atoms with E-state index in [4.69, 9.17) is 0 Å². The molecule has 5 fully saturated rings. The van der Waals surface area contributed by atoms with Gasteiger partial charge in [-0.15, -0.1) is 0 Å². The summed E-state index contributed by atoms with van der Waals surface area (Å²) in [5.74, 6) is 2.78. The van der Waals surface area contributed by atoms with E-state index in [2.05, 4.69) is 12.2 Å². The molecule has 1 unspecified atom stereocenters. The number of carbonyl (C=O) groups is 1. The van der Waals surface area contributed by atoms with E-state index in [0.717, 1.165) is 30.6 Å². The Labute approximate surface area is 158 Å². The second-order valence-electron chi connectivity index (χ2n) is 9.59. The Morgan fingerprint density at radius 2 is 1.62 bits per heavy atom. The van der Waals surface area contributed by atoms with Gasteiger partial charge in [0.1, 0.15) is 0 Å². The van der Waals surface area contributed by atoms with Gasteiger partial charge in [-0.1, -0.05) is 0 Å². The first-order valence-corrected chi connectivity index (χ1v) is 12.2. The summed E-state index contributed by atoms with van der Waals surface area (Å²) in [6, 6.07) is 0.221. The van der Waals surface area contributed by atoms with E-state index in [0.29, 0.717) is 31.3 Å². The van der Waals surface area contributed by atoms with Crippen molar-refractivity contribution in [3.8, 4) is 0 Å². The zero-order valence-corrected chi connectivity index (χ0v) is 16.9. The van der Waals surface area contributed by atoms with Crippen LogP contribution in [0.4, 0.5) is 0 Å². The Balaban J connectivity index is 1.26. The molecule has 4 saturated carbocycles. The predicted octanol–water partition coefficient (Wildman–Crippen LogP) is 2.91. The normalized spacial score (nSPS) is 37.8. The van der Waals surface area contributed by atoms with Crippen LogP contribution in [0.25, 0.3) is 0 Å². The van der Waals surface area contributed by atoms with Crippen LogP contribution in [-0.4, -0.2) is 43.5 Å². The van der Waals surface area contributed by atoms with Gasteiger partial charge in [0.15, 0.2) is 0 Å². The van der Waals surface area contributed by atoms with Crippen molar-refractivity contribution in [1.29, 1.82) is 0 Å². The second-order valence-corrected chi connectivity index (χ2v) is 11.7. The molecule has 0 aromatic rings. The van der Waals surface area contributed by atoms with Crippen LogP contribution >= 0.6 is 0 Å². The van der Waals surface area contributed by atoms with Crippen molar-refractivity contribution in [3.63, 3.8) is 0 Å². The summed E-state index contributed by atoms with van der Waals surface area (Å²) in [6.07, 6.45) is 10.8. The Bertz CT molecular complexity index is 604. The molecule has 1 saturated heterocycles. The Kier molecular flexibility index (Phi) is 5.10. The van der Waals surface area contributed by atoms with Crippen LogP contribution in [0.3, 0.4) is 0 Å². The molecule has 4 aliphatic carbocycles. The summed E-state index contributed by atoms with van der Waals surface area (Å²) in [7, 11) is -3.17. The van der Waals surface area contributed by atoms with Crippen molar-refractivity contribution in [2.24, 2.45) is 23.2 Å². The molecule has 5 aliphatic rings.